The first-order valence-electron chi connectivity index (χ1n) is 10.8. The maximum Gasteiger partial charge on any atom is 0.257 e. The van der Waals surface area contributed by atoms with E-state index in [-0.39, 0.29) is 30.0 Å². The van der Waals surface area contributed by atoms with Crippen molar-refractivity contribution in [3.8, 4) is 0 Å². The molecule has 4 rings (SSSR count). The Balaban J connectivity index is 1.45. The number of amides is 2. The summed E-state index contributed by atoms with van der Waals surface area (Å²) in [5.41, 5.74) is 2.43. The number of hydrogen-bond acceptors (Lipinski definition) is 4. The van der Waals surface area contributed by atoms with E-state index in [1.807, 2.05) is 18.2 Å². The SMILES string of the molecule is CCCn1cnc2cc(NC(=O)c3ccc(=O)n(CC(=O)NC4CCCC4)c3)ccc21. The lowest BCUT2D eigenvalue weighted by Gasteiger charge is -2.13. The molecule has 31 heavy (non-hydrogen) atoms. The predicted molar refractivity (Wildman–Crippen MR) is 119 cm³/mol. The number of aryl methyl sites for hydroxylation is 1. The van der Waals surface area contributed by atoms with Crippen LogP contribution >= 0.6 is 0 Å². The summed E-state index contributed by atoms with van der Waals surface area (Å²) in [6.45, 7) is 2.90. The van der Waals surface area contributed by atoms with Gasteiger partial charge in [0.05, 0.1) is 22.9 Å². The molecule has 0 radical (unpaired) electrons. The van der Waals surface area contributed by atoms with E-state index in [1.165, 1.54) is 22.9 Å². The van der Waals surface area contributed by atoms with Crippen molar-refractivity contribution >= 4 is 28.5 Å². The van der Waals surface area contributed by atoms with Crippen molar-refractivity contribution in [1.29, 1.82) is 0 Å². The molecule has 1 fully saturated rings. The van der Waals surface area contributed by atoms with Crippen molar-refractivity contribution in [2.75, 3.05) is 5.32 Å². The largest absolute Gasteiger partial charge is 0.352 e. The first-order valence-corrected chi connectivity index (χ1v) is 10.8. The highest BCUT2D eigenvalue weighted by atomic mass is 16.2. The third-order valence-electron chi connectivity index (χ3n) is 5.62. The van der Waals surface area contributed by atoms with Crippen LogP contribution in [0, 0.1) is 0 Å². The Hall–Kier alpha value is -3.42. The Kier molecular flexibility index (Phi) is 6.16. The number of nitrogens with one attached hydrogen (secondary N) is 2. The molecule has 1 aromatic carbocycles. The van der Waals surface area contributed by atoms with Crippen LogP contribution in [0.4, 0.5) is 5.69 Å². The van der Waals surface area contributed by atoms with Crippen molar-refractivity contribution in [1.82, 2.24) is 19.4 Å². The number of fused-ring (bicyclic) bond motifs is 1. The summed E-state index contributed by atoms with van der Waals surface area (Å²) in [7, 11) is 0. The first-order chi connectivity index (χ1) is 15.0. The topological polar surface area (TPSA) is 98.0 Å². The molecule has 3 aromatic rings. The van der Waals surface area contributed by atoms with Gasteiger partial charge in [0.25, 0.3) is 11.5 Å². The van der Waals surface area contributed by atoms with E-state index in [2.05, 4.69) is 27.1 Å². The van der Waals surface area contributed by atoms with E-state index in [0.717, 1.165) is 49.7 Å². The van der Waals surface area contributed by atoms with Crippen LogP contribution in [0.15, 0.2) is 47.7 Å². The fourth-order valence-electron chi connectivity index (χ4n) is 4.05. The van der Waals surface area contributed by atoms with E-state index < -0.39 is 0 Å². The molecule has 162 valence electrons. The van der Waals surface area contributed by atoms with Crippen LogP contribution in [-0.4, -0.2) is 32.0 Å². The standard InChI is InChI=1S/C23H27N5O3/c1-2-11-27-15-24-19-12-18(8-9-20(19)27)26-23(31)16-7-10-22(30)28(13-16)14-21(29)25-17-5-3-4-6-17/h7-10,12-13,15,17H,2-6,11,14H2,1H3,(H,25,29)(H,26,31). The number of pyridine rings is 1. The van der Waals surface area contributed by atoms with Crippen LogP contribution in [0.1, 0.15) is 49.4 Å². The number of carbonyl (C=O) groups excluding carboxylic acids is 2. The van der Waals surface area contributed by atoms with Crippen molar-refractivity contribution in [2.24, 2.45) is 0 Å². The third kappa shape index (κ3) is 4.84. The van der Waals surface area contributed by atoms with E-state index >= 15 is 0 Å². The second-order valence-corrected chi connectivity index (χ2v) is 8.03. The average Bonchev–Trinajstić information content (AvgIpc) is 3.40. The summed E-state index contributed by atoms with van der Waals surface area (Å²) in [5, 5.41) is 5.81. The minimum absolute atomic E-state index is 0.0999. The van der Waals surface area contributed by atoms with Gasteiger partial charge in [-0.15, -0.1) is 0 Å². The summed E-state index contributed by atoms with van der Waals surface area (Å²) < 4.78 is 3.35. The third-order valence-corrected chi connectivity index (χ3v) is 5.62. The number of nitrogens with zero attached hydrogens (tertiary/aromatic N) is 3. The Labute approximate surface area is 180 Å². The lowest BCUT2D eigenvalue weighted by Crippen LogP contribution is -2.37. The average molecular weight is 422 g/mol. The van der Waals surface area contributed by atoms with Crippen LogP contribution in [-0.2, 0) is 17.9 Å². The number of rotatable bonds is 7. The second-order valence-electron chi connectivity index (χ2n) is 8.03. The highest BCUT2D eigenvalue weighted by Gasteiger charge is 2.18. The van der Waals surface area contributed by atoms with Crippen LogP contribution in [0.25, 0.3) is 11.0 Å². The number of hydrogen-bond donors (Lipinski definition) is 2. The molecule has 8 nitrogen and oxygen atoms in total. The second kappa shape index (κ2) is 9.16. The van der Waals surface area contributed by atoms with Crippen LogP contribution in [0.5, 0.6) is 0 Å². The summed E-state index contributed by atoms with van der Waals surface area (Å²) >= 11 is 0. The zero-order valence-electron chi connectivity index (χ0n) is 17.6. The molecule has 2 amide bonds. The fourth-order valence-corrected chi connectivity index (χ4v) is 4.05. The molecule has 0 unspecified atom stereocenters. The molecule has 2 aromatic heterocycles. The molecule has 2 heterocycles. The lowest BCUT2D eigenvalue weighted by molar-refractivity contribution is -0.122. The van der Waals surface area contributed by atoms with Gasteiger partial charge in [-0.2, -0.15) is 0 Å². The van der Waals surface area contributed by atoms with Gasteiger partial charge in [-0.1, -0.05) is 19.8 Å². The molecule has 2 N–H and O–H groups in total. The number of imidazole rings is 1. The fraction of sp³-hybridized carbons (Fsp3) is 0.391. The zero-order valence-corrected chi connectivity index (χ0v) is 17.6. The molecule has 0 spiro atoms. The number of benzene rings is 1. The van der Waals surface area contributed by atoms with Crippen molar-refractivity contribution in [3.05, 3.63) is 58.8 Å². The maximum absolute atomic E-state index is 12.7. The van der Waals surface area contributed by atoms with Crippen LogP contribution < -0.4 is 16.2 Å². The van der Waals surface area contributed by atoms with E-state index in [9.17, 15) is 14.4 Å². The van der Waals surface area contributed by atoms with Gasteiger partial charge in [-0.05, 0) is 43.5 Å². The quantitative estimate of drug-likeness (QED) is 0.613. The van der Waals surface area contributed by atoms with Gasteiger partial charge in [-0.3, -0.25) is 14.4 Å². The molecular formula is C23H27N5O3. The normalized spacial score (nSPS) is 14.1. The van der Waals surface area contributed by atoms with Gasteiger partial charge in [0.2, 0.25) is 5.91 Å². The Morgan fingerprint density at radius 1 is 1.13 bits per heavy atom. The highest BCUT2D eigenvalue weighted by molar-refractivity contribution is 6.04. The minimum Gasteiger partial charge on any atom is -0.352 e. The Morgan fingerprint density at radius 2 is 1.94 bits per heavy atom. The Bertz CT molecular complexity index is 1160. The predicted octanol–water partition coefficient (Wildman–Crippen LogP) is 2.92. The van der Waals surface area contributed by atoms with Gasteiger partial charge in [0.1, 0.15) is 6.54 Å². The molecule has 1 aliphatic rings. The smallest absolute Gasteiger partial charge is 0.257 e. The van der Waals surface area contributed by atoms with Gasteiger partial charge in [0, 0.05) is 30.5 Å². The van der Waals surface area contributed by atoms with Crippen molar-refractivity contribution in [2.45, 2.75) is 58.2 Å². The molecule has 0 bridgehead atoms. The zero-order chi connectivity index (χ0) is 21.8. The van der Waals surface area contributed by atoms with Crippen molar-refractivity contribution < 1.29 is 9.59 Å². The Morgan fingerprint density at radius 3 is 2.71 bits per heavy atom. The van der Waals surface area contributed by atoms with Gasteiger partial charge in [-0.25, -0.2) is 4.98 Å². The molecule has 0 saturated heterocycles. The van der Waals surface area contributed by atoms with E-state index in [0.29, 0.717) is 11.3 Å². The van der Waals surface area contributed by atoms with Gasteiger partial charge in [0.15, 0.2) is 0 Å². The molecule has 1 aliphatic carbocycles. The van der Waals surface area contributed by atoms with E-state index in [4.69, 9.17) is 0 Å². The summed E-state index contributed by atoms with van der Waals surface area (Å²) in [5.74, 6) is -0.558. The van der Waals surface area contributed by atoms with Crippen LogP contribution in [0.3, 0.4) is 0 Å². The van der Waals surface area contributed by atoms with Crippen LogP contribution in [0.2, 0.25) is 0 Å². The maximum atomic E-state index is 12.7. The van der Waals surface area contributed by atoms with Crippen molar-refractivity contribution in [3.63, 3.8) is 0 Å². The molecule has 0 aliphatic heterocycles. The summed E-state index contributed by atoms with van der Waals surface area (Å²) in [6, 6.07) is 8.56. The number of aromatic nitrogens is 3. The van der Waals surface area contributed by atoms with E-state index in [1.54, 1.807) is 6.33 Å². The summed E-state index contributed by atoms with van der Waals surface area (Å²) in [4.78, 5) is 41.6. The lowest BCUT2D eigenvalue weighted by atomic mass is 10.2. The first kappa shape index (κ1) is 20.8. The molecule has 1 saturated carbocycles. The summed E-state index contributed by atoms with van der Waals surface area (Å²) in [6.07, 6.45) is 8.43. The minimum atomic E-state index is -0.350. The number of carbonyl (C=O) groups is 2. The molecular weight excluding hydrogens is 394 g/mol. The number of anilines is 1. The highest BCUT2D eigenvalue weighted by Crippen LogP contribution is 2.19. The van der Waals surface area contributed by atoms with Gasteiger partial charge >= 0.3 is 0 Å². The molecule has 0 atom stereocenters. The molecule has 8 heteroatoms. The monoisotopic (exact) mass is 421 g/mol. The van der Waals surface area contributed by atoms with Gasteiger partial charge < -0.3 is 19.8 Å².